The van der Waals surface area contributed by atoms with Crippen LogP contribution in [-0.4, -0.2) is 12.9 Å². The van der Waals surface area contributed by atoms with Crippen molar-refractivity contribution in [2.45, 2.75) is 13.5 Å². The standard InChI is InChI=1S/C15H9BrClF3O2/c1-7-4-2-3-5-8(7)10-11(16)14(22-15(19)20)9(6-21)13(18)12(10)17/h2-6,15H,1H3. The Hall–Kier alpha value is -1.53. The van der Waals surface area contributed by atoms with Gasteiger partial charge in [0.25, 0.3) is 0 Å². The molecular formula is C15H9BrClF3O2. The van der Waals surface area contributed by atoms with Gasteiger partial charge in [-0.2, -0.15) is 8.78 Å². The lowest BCUT2D eigenvalue weighted by Gasteiger charge is -2.17. The summed E-state index contributed by atoms with van der Waals surface area (Å²) in [6.07, 6.45) is 0.0886. The summed E-state index contributed by atoms with van der Waals surface area (Å²) in [5.74, 6) is -1.68. The molecule has 0 N–H and O–H groups in total. The molecule has 0 heterocycles. The Kier molecular flexibility index (Phi) is 5.13. The highest BCUT2D eigenvalue weighted by Gasteiger charge is 2.26. The molecule has 0 unspecified atom stereocenters. The molecule has 0 aliphatic heterocycles. The molecule has 0 aromatic heterocycles. The molecule has 0 aliphatic rings. The number of rotatable bonds is 4. The number of carbonyl (C=O) groups excluding carboxylic acids is 1. The smallest absolute Gasteiger partial charge is 0.387 e. The largest absolute Gasteiger partial charge is 0.433 e. The molecule has 0 atom stereocenters. The van der Waals surface area contributed by atoms with Crippen molar-refractivity contribution in [3.8, 4) is 16.9 Å². The summed E-state index contributed by atoms with van der Waals surface area (Å²) in [5, 5.41) is -0.343. The Morgan fingerprint density at radius 1 is 1.32 bits per heavy atom. The van der Waals surface area contributed by atoms with Crippen LogP contribution in [-0.2, 0) is 0 Å². The third kappa shape index (κ3) is 2.98. The average Bonchev–Trinajstić information content (AvgIpc) is 2.47. The van der Waals surface area contributed by atoms with E-state index in [1.807, 2.05) is 0 Å². The fourth-order valence-corrected chi connectivity index (χ4v) is 3.19. The van der Waals surface area contributed by atoms with Gasteiger partial charge in [-0.25, -0.2) is 4.39 Å². The van der Waals surface area contributed by atoms with Crippen LogP contribution >= 0.6 is 27.5 Å². The van der Waals surface area contributed by atoms with E-state index >= 15 is 0 Å². The SMILES string of the molecule is Cc1ccccc1-c1c(Cl)c(F)c(C=O)c(OC(F)F)c1Br. The van der Waals surface area contributed by atoms with Gasteiger partial charge in [-0.3, -0.25) is 4.79 Å². The maximum absolute atomic E-state index is 14.3. The third-order valence-electron chi connectivity index (χ3n) is 3.05. The van der Waals surface area contributed by atoms with Crippen LogP contribution in [0.4, 0.5) is 13.2 Å². The van der Waals surface area contributed by atoms with Gasteiger partial charge in [-0.15, -0.1) is 0 Å². The number of aldehydes is 1. The Morgan fingerprint density at radius 3 is 2.50 bits per heavy atom. The Morgan fingerprint density at radius 2 is 1.95 bits per heavy atom. The molecule has 0 saturated heterocycles. The Bertz CT molecular complexity index is 735. The fourth-order valence-electron chi connectivity index (χ4n) is 2.06. The third-order valence-corrected chi connectivity index (χ3v) is 4.16. The zero-order valence-electron chi connectivity index (χ0n) is 11.2. The number of aryl methyl sites for hydroxylation is 1. The summed E-state index contributed by atoms with van der Waals surface area (Å²) in [7, 11) is 0. The molecule has 0 saturated carbocycles. The first-order chi connectivity index (χ1) is 10.4. The number of hydrogen-bond donors (Lipinski definition) is 0. The van der Waals surface area contributed by atoms with Crippen LogP contribution in [0.25, 0.3) is 11.1 Å². The number of benzene rings is 2. The van der Waals surface area contributed by atoms with Gasteiger partial charge in [0, 0.05) is 5.56 Å². The molecule has 0 bridgehead atoms. The Labute approximate surface area is 138 Å². The molecule has 7 heteroatoms. The summed E-state index contributed by atoms with van der Waals surface area (Å²) in [6, 6.07) is 6.89. The monoisotopic (exact) mass is 392 g/mol. The molecule has 22 heavy (non-hydrogen) atoms. The summed E-state index contributed by atoms with van der Waals surface area (Å²) >= 11 is 9.08. The number of halogens is 5. The van der Waals surface area contributed by atoms with Gasteiger partial charge in [-0.05, 0) is 34.0 Å². The van der Waals surface area contributed by atoms with Gasteiger partial charge in [0.2, 0.25) is 0 Å². The second-order valence-electron chi connectivity index (χ2n) is 4.37. The lowest BCUT2D eigenvalue weighted by Crippen LogP contribution is -2.08. The molecule has 2 aromatic rings. The van der Waals surface area contributed by atoms with Crippen LogP contribution in [0.1, 0.15) is 15.9 Å². The number of hydrogen-bond acceptors (Lipinski definition) is 2. The van der Waals surface area contributed by atoms with Gasteiger partial charge in [0.15, 0.2) is 17.9 Å². The van der Waals surface area contributed by atoms with E-state index in [0.717, 1.165) is 5.56 Å². The molecule has 0 aliphatic carbocycles. The molecule has 0 radical (unpaired) electrons. The van der Waals surface area contributed by atoms with Crippen LogP contribution in [0.15, 0.2) is 28.7 Å². The van der Waals surface area contributed by atoms with Gasteiger partial charge in [-0.1, -0.05) is 35.9 Å². The lowest BCUT2D eigenvalue weighted by molar-refractivity contribution is -0.0507. The predicted molar refractivity (Wildman–Crippen MR) is 81.3 cm³/mol. The van der Waals surface area contributed by atoms with E-state index in [1.54, 1.807) is 31.2 Å². The highest BCUT2D eigenvalue weighted by molar-refractivity contribution is 9.10. The van der Waals surface area contributed by atoms with Crippen LogP contribution in [0.5, 0.6) is 5.75 Å². The maximum atomic E-state index is 14.3. The van der Waals surface area contributed by atoms with Gasteiger partial charge < -0.3 is 4.74 Å². The van der Waals surface area contributed by atoms with Crippen LogP contribution in [0.3, 0.4) is 0 Å². The van der Waals surface area contributed by atoms with Gasteiger partial charge in [0.1, 0.15) is 0 Å². The minimum Gasteiger partial charge on any atom is -0.433 e. The number of carbonyl (C=O) groups is 1. The van der Waals surface area contributed by atoms with E-state index in [9.17, 15) is 18.0 Å². The average molecular weight is 394 g/mol. The van der Waals surface area contributed by atoms with E-state index < -0.39 is 23.7 Å². The maximum Gasteiger partial charge on any atom is 0.387 e. The van der Waals surface area contributed by atoms with Crippen molar-refractivity contribution in [2.24, 2.45) is 0 Å². The summed E-state index contributed by atoms with van der Waals surface area (Å²) in [6.45, 7) is -1.45. The van der Waals surface area contributed by atoms with Gasteiger partial charge in [0.05, 0.1) is 15.1 Å². The first kappa shape index (κ1) is 16.8. The molecular weight excluding hydrogens is 385 g/mol. The fraction of sp³-hybridized carbons (Fsp3) is 0.133. The zero-order valence-corrected chi connectivity index (χ0v) is 13.5. The second-order valence-corrected chi connectivity index (χ2v) is 5.54. The molecule has 0 spiro atoms. The van der Waals surface area contributed by atoms with Gasteiger partial charge >= 0.3 is 6.61 Å². The first-order valence-electron chi connectivity index (χ1n) is 6.04. The van der Waals surface area contributed by atoms with Crippen molar-refractivity contribution in [1.82, 2.24) is 0 Å². The Balaban J connectivity index is 2.83. The topological polar surface area (TPSA) is 26.3 Å². The molecule has 2 nitrogen and oxygen atoms in total. The predicted octanol–water partition coefficient (Wildman–Crippen LogP) is 5.63. The summed E-state index contributed by atoms with van der Waals surface area (Å²) in [5.41, 5.74) is 0.786. The number of ether oxygens (including phenoxy) is 1. The lowest BCUT2D eigenvalue weighted by atomic mass is 9.98. The highest BCUT2D eigenvalue weighted by Crippen LogP contribution is 2.45. The minimum absolute atomic E-state index is 0.00407. The second kappa shape index (κ2) is 6.71. The van der Waals surface area contributed by atoms with Crippen molar-refractivity contribution in [3.63, 3.8) is 0 Å². The normalized spacial score (nSPS) is 10.9. The van der Waals surface area contributed by atoms with Crippen LogP contribution < -0.4 is 4.74 Å². The van der Waals surface area contributed by atoms with E-state index in [2.05, 4.69) is 20.7 Å². The quantitative estimate of drug-likeness (QED) is 0.497. The van der Waals surface area contributed by atoms with Crippen LogP contribution in [0.2, 0.25) is 5.02 Å². The molecule has 2 aromatic carbocycles. The molecule has 0 fully saturated rings. The van der Waals surface area contributed by atoms with Crippen molar-refractivity contribution in [2.75, 3.05) is 0 Å². The first-order valence-corrected chi connectivity index (χ1v) is 7.22. The van der Waals surface area contributed by atoms with Crippen molar-refractivity contribution >= 4 is 33.8 Å². The van der Waals surface area contributed by atoms with E-state index in [0.29, 0.717) is 5.56 Å². The van der Waals surface area contributed by atoms with E-state index in [-0.39, 0.29) is 21.3 Å². The van der Waals surface area contributed by atoms with E-state index in [4.69, 9.17) is 11.6 Å². The van der Waals surface area contributed by atoms with Crippen molar-refractivity contribution < 1.29 is 22.7 Å². The number of alkyl halides is 2. The summed E-state index contributed by atoms with van der Waals surface area (Å²) in [4.78, 5) is 11.0. The van der Waals surface area contributed by atoms with Crippen molar-refractivity contribution in [1.29, 1.82) is 0 Å². The van der Waals surface area contributed by atoms with E-state index in [1.165, 1.54) is 0 Å². The molecule has 116 valence electrons. The zero-order chi connectivity index (χ0) is 16.4. The minimum atomic E-state index is -3.21. The van der Waals surface area contributed by atoms with Crippen LogP contribution in [0, 0.1) is 12.7 Å². The molecule has 2 rings (SSSR count). The summed E-state index contributed by atoms with van der Waals surface area (Å²) < 4.78 is 43.6. The van der Waals surface area contributed by atoms with Crippen molar-refractivity contribution in [3.05, 3.63) is 50.7 Å². The highest BCUT2D eigenvalue weighted by atomic mass is 79.9. The molecule has 0 amide bonds.